The zero-order valence-electron chi connectivity index (χ0n) is 16.5. The molecule has 1 atom stereocenters. The number of rotatable bonds is 8. The first-order valence-electron chi connectivity index (χ1n) is 9.33. The number of nitrogens with zero attached hydrogens (tertiary/aromatic N) is 2. The average molecular weight is 416 g/mol. The molecular weight excluding hydrogens is 390 g/mol. The Balaban J connectivity index is 1.58. The molecule has 0 aliphatic rings. The Morgan fingerprint density at radius 3 is 2.43 bits per heavy atom. The molecule has 0 aliphatic heterocycles. The van der Waals surface area contributed by atoms with Gasteiger partial charge in [0.05, 0.1) is 16.7 Å². The van der Waals surface area contributed by atoms with Gasteiger partial charge in [0.1, 0.15) is 0 Å². The van der Waals surface area contributed by atoms with Gasteiger partial charge >= 0.3 is 0 Å². The van der Waals surface area contributed by atoms with Crippen molar-refractivity contribution >= 4 is 29.0 Å². The smallest absolute Gasteiger partial charge is 0.277 e. The quantitative estimate of drug-likeness (QED) is 0.490. The van der Waals surface area contributed by atoms with Crippen LogP contribution in [0.15, 0.2) is 51.4 Å². The molecule has 3 aromatic rings. The van der Waals surface area contributed by atoms with Gasteiger partial charge in [0.15, 0.2) is 0 Å². The van der Waals surface area contributed by atoms with Crippen LogP contribution in [0.3, 0.4) is 0 Å². The highest BCUT2D eigenvalue weighted by Gasteiger charge is 2.19. The second kappa shape index (κ2) is 9.39. The molecule has 1 aromatic carbocycles. The monoisotopic (exact) mass is 415 g/mol. The minimum absolute atomic E-state index is 0.0290. The fraction of sp³-hybridized carbons (Fsp3) is 0.381. The molecule has 7 heteroatoms. The van der Waals surface area contributed by atoms with Crippen LogP contribution < -0.4 is 5.32 Å². The van der Waals surface area contributed by atoms with E-state index in [-0.39, 0.29) is 23.6 Å². The zero-order chi connectivity index (χ0) is 20.1. The molecule has 0 unspecified atom stereocenters. The summed E-state index contributed by atoms with van der Waals surface area (Å²) in [6, 6.07) is 12.3. The number of amides is 1. The third-order valence-electron chi connectivity index (χ3n) is 4.41. The van der Waals surface area contributed by atoms with Gasteiger partial charge in [0, 0.05) is 0 Å². The number of thiophene rings is 1. The first-order chi connectivity index (χ1) is 13.4. The molecule has 0 fully saturated rings. The second-order valence-corrected chi connectivity index (χ2v) is 9.12. The standard InChI is InChI=1S/C21H25N3O2S2/c1-13(2)15-7-9-16(10-8-15)19(14(3)4)22-18(25)12-28-21-24-23-20(26-21)17-6-5-11-27-17/h5-11,13-14,19H,12H2,1-4H3,(H,22,25)/t19-/m0/s1. The van der Waals surface area contributed by atoms with E-state index >= 15 is 0 Å². The molecule has 0 saturated heterocycles. The molecule has 0 bridgehead atoms. The Hall–Kier alpha value is -2.12. The van der Waals surface area contributed by atoms with Crippen LogP contribution in [0.5, 0.6) is 0 Å². The van der Waals surface area contributed by atoms with Crippen molar-refractivity contribution < 1.29 is 9.21 Å². The van der Waals surface area contributed by atoms with Crippen LogP contribution in [-0.2, 0) is 4.79 Å². The highest BCUT2D eigenvalue weighted by Crippen LogP contribution is 2.27. The first-order valence-corrected chi connectivity index (χ1v) is 11.2. The molecule has 0 saturated carbocycles. The predicted molar refractivity (Wildman–Crippen MR) is 115 cm³/mol. The molecule has 148 valence electrons. The molecule has 28 heavy (non-hydrogen) atoms. The zero-order valence-corrected chi connectivity index (χ0v) is 18.1. The molecule has 0 spiro atoms. The SMILES string of the molecule is CC(C)c1ccc([C@@H](NC(=O)CSc2nnc(-c3cccs3)o2)C(C)C)cc1. The van der Waals surface area contributed by atoms with Crippen LogP contribution in [0, 0.1) is 5.92 Å². The summed E-state index contributed by atoms with van der Waals surface area (Å²) in [6.45, 7) is 8.57. The van der Waals surface area contributed by atoms with Crippen LogP contribution in [0.25, 0.3) is 10.8 Å². The maximum atomic E-state index is 12.5. The number of thioether (sulfide) groups is 1. The predicted octanol–water partition coefficient (Wildman–Crippen LogP) is 5.53. The Bertz CT molecular complexity index is 887. The summed E-state index contributed by atoms with van der Waals surface area (Å²) in [5.41, 5.74) is 2.42. The third kappa shape index (κ3) is 5.23. The number of hydrogen-bond donors (Lipinski definition) is 1. The molecule has 1 N–H and O–H groups in total. The lowest BCUT2D eigenvalue weighted by Crippen LogP contribution is -2.33. The van der Waals surface area contributed by atoms with Crippen LogP contribution in [-0.4, -0.2) is 21.9 Å². The maximum Gasteiger partial charge on any atom is 0.277 e. The number of aromatic nitrogens is 2. The maximum absolute atomic E-state index is 12.5. The van der Waals surface area contributed by atoms with E-state index in [1.54, 1.807) is 11.3 Å². The van der Waals surface area contributed by atoms with Crippen molar-refractivity contribution in [3.63, 3.8) is 0 Å². The van der Waals surface area contributed by atoms with Crippen molar-refractivity contribution in [2.45, 2.75) is 44.9 Å². The minimum atomic E-state index is -0.0486. The molecule has 0 radical (unpaired) electrons. The van der Waals surface area contributed by atoms with E-state index in [0.717, 1.165) is 10.4 Å². The van der Waals surface area contributed by atoms with Crippen LogP contribution >= 0.6 is 23.1 Å². The molecule has 2 heterocycles. The summed E-state index contributed by atoms with van der Waals surface area (Å²) in [4.78, 5) is 13.4. The normalized spacial score (nSPS) is 12.5. The van der Waals surface area contributed by atoms with E-state index in [9.17, 15) is 4.79 Å². The second-order valence-electron chi connectivity index (χ2n) is 7.25. The Morgan fingerprint density at radius 2 is 1.82 bits per heavy atom. The van der Waals surface area contributed by atoms with E-state index in [1.165, 1.54) is 17.3 Å². The van der Waals surface area contributed by atoms with Gasteiger partial charge in [-0.2, -0.15) is 0 Å². The van der Waals surface area contributed by atoms with Gasteiger partial charge in [0.25, 0.3) is 11.1 Å². The summed E-state index contributed by atoms with van der Waals surface area (Å²) in [5.74, 6) is 1.45. The van der Waals surface area contributed by atoms with Crippen molar-refractivity contribution in [3.05, 3.63) is 52.9 Å². The fourth-order valence-electron chi connectivity index (χ4n) is 2.83. The number of benzene rings is 1. The molecular formula is C21H25N3O2S2. The fourth-order valence-corrected chi connectivity index (χ4v) is 4.05. The first kappa shape index (κ1) is 20.6. The van der Waals surface area contributed by atoms with E-state index in [2.05, 4.69) is 67.5 Å². The number of carbonyl (C=O) groups is 1. The minimum Gasteiger partial charge on any atom is -0.410 e. The highest BCUT2D eigenvalue weighted by atomic mass is 32.2. The molecule has 2 aromatic heterocycles. The van der Waals surface area contributed by atoms with Gasteiger partial charge in [-0.1, -0.05) is 69.8 Å². The summed E-state index contributed by atoms with van der Waals surface area (Å²) in [5, 5.41) is 13.6. The van der Waals surface area contributed by atoms with Gasteiger partial charge in [-0.05, 0) is 34.4 Å². The average Bonchev–Trinajstić information content (AvgIpc) is 3.35. The van der Waals surface area contributed by atoms with Crippen molar-refractivity contribution in [2.75, 3.05) is 5.75 Å². The number of hydrogen-bond acceptors (Lipinski definition) is 6. The van der Waals surface area contributed by atoms with Crippen molar-refractivity contribution in [3.8, 4) is 10.8 Å². The number of carbonyl (C=O) groups excluding carboxylic acids is 1. The van der Waals surface area contributed by atoms with Crippen LogP contribution in [0.2, 0.25) is 0 Å². The third-order valence-corrected chi connectivity index (χ3v) is 6.09. The lowest BCUT2D eigenvalue weighted by Gasteiger charge is -2.23. The van der Waals surface area contributed by atoms with Gasteiger partial charge in [-0.3, -0.25) is 4.79 Å². The topological polar surface area (TPSA) is 68.0 Å². The van der Waals surface area contributed by atoms with Gasteiger partial charge in [0.2, 0.25) is 5.91 Å². The van der Waals surface area contributed by atoms with E-state index in [1.807, 2.05) is 17.5 Å². The summed E-state index contributed by atoms with van der Waals surface area (Å²) in [6.07, 6.45) is 0. The lowest BCUT2D eigenvalue weighted by atomic mass is 9.93. The van der Waals surface area contributed by atoms with Crippen LogP contribution in [0.4, 0.5) is 0 Å². The molecule has 0 aliphatic carbocycles. The molecule has 5 nitrogen and oxygen atoms in total. The van der Waals surface area contributed by atoms with Crippen molar-refractivity contribution in [2.24, 2.45) is 5.92 Å². The lowest BCUT2D eigenvalue weighted by molar-refractivity contribution is -0.119. The van der Waals surface area contributed by atoms with E-state index < -0.39 is 0 Å². The van der Waals surface area contributed by atoms with Crippen molar-refractivity contribution in [1.82, 2.24) is 15.5 Å². The summed E-state index contributed by atoms with van der Waals surface area (Å²) in [7, 11) is 0. The van der Waals surface area contributed by atoms with Crippen molar-refractivity contribution in [1.29, 1.82) is 0 Å². The van der Waals surface area contributed by atoms with Gasteiger partial charge in [-0.25, -0.2) is 0 Å². The molecule has 3 rings (SSSR count). The van der Waals surface area contributed by atoms with Gasteiger partial charge < -0.3 is 9.73 Å². The van der Waals surface area contributed by atoms with Crippen LogP contribution in [0.1, 0.15) is 50.8 Å². The highest BCUT2D eigenvalue weighted by molar-refractivity contribution is 7.99. The Kier molecular flexibility index (Phi) is 6.91. The van der Waals surface area contributed by atoms with Gasteiger partial charge in [-0.15, -0.1) is 21.5 Å². The Labute approximate surface area is 174 Å². The largest absolute Gasteiger partial charge is 0.410 e. The van der Waals surface area contributed by atoms with E-state index in [4.69, 9.17) is 4.42 Å². The summed E-state index contributed by atoms with van der Waals surface area (Å²) < 4.78 is 5.62. The number of nitrogens with one attached hydrogen (secondary N) is 1. The summed E-state index contributed by atoms with van der Waals surface area (Å²) >= 11 is 2.79. The Morgan fingerprint density at radius 1 is 1.11 bits per heavy atom. The molecule has 1 amide bonds. The van der Waals surface area contributed by atoms with E-state index in [0.29, 0.717) is 17.0 Å².